The maximum atomic E-state index is 13.0. The third kappa shape index (κ3) is 3.24. The second-order valence-corrected chi connectivity index (χ2v) is 7.00. The van der Waals surface area contributed by atoms with Crippen LogP contribution in [0.3, 0.4) is 0 Å². The number of fused-ring (bicyclic) bond motifs is 3. The van der Waals surface area contributed by atoms with Crippen LogP contribution in [0.15, 0.2) is 79.4 Å². The molecule has 0 saturated heterocycles. The smallest absolute Gasteiger partial charge is 0.255 e. The Morgan fingerprint density at radius 3 is 2.33 bits per heavy atom. The van der Waals surface area contributed by atoms with E-state index in [4.69, 9.17) is 0 Å². The van der Waals surface area contributed by atoms with Crippen molar-refractivity contribution in [3.8, 4) is 11.4 Å². The summed E-state index contributed by atoms with van der Waals surface area (Å²) in [6, 6.07) is 16.8. The Kier molecular flexibility index (Phi) is 4.37. The topological polar surface area (TPSA) is 80.7 Å². The highest BCUT2D eigenvalue weighted by atomic mass is 16.1. The molecule has 1 amide bonds. The Balaban J connectivity index is 1.54. The molecule has 0 atom stereocenters. The fraction of sp³-hybridized carbons (Fsp3) is 0.0417. The molecule has 6 heteroatoms. The van der Waals surface area contributed by atoms with Crippen molar-refractivity contribution < 1.29 is 4.79 Å². The predicted octanol–water partition coefficient (Wildman–Crippen LogP) is 4.80. The molecule has 0 saturated carbocycles. The Morgan fingerprint density at radius 2 is 1.50 bits per heavy atom. The Labute approximate surface area is 172 Å². The first-order chi connectivity index (χ1) is 14.7. The zero-order valence-electron chi connectivity index (χ0n) is 16.2. The molecular formula is C24H17N5O. The lowest BCUT2D eigenvalue weighted by molar-refractivity contribution is 0.102. The van der Waals surface area contributed by atoms with Gasteiger partial charge in [0.25, 0.3) is 5.91 Å². The lowest BCUT2D eigenvalue weighted by atomic mass is 10.1. The van der Waals surface area contributed by atoms with Crippen LogP contribution in [0.2, 0.25) is 0 Å². The average molecular weight is 391 g/mol. The van der Waals surface area contributed by atoms with Gasteiger partial charge in [0.05, 0.1) is 28.1 Å². The number of carbonyl (C=O) groups excluding carboxylic acids is 1. The molecule has 0 unspecified atom stereocenters. The molecule has 0 aliphatic carbocycles. The number of hydrogen-bond donors (Lipinski definition) is 1. The largest absolute Gasteiger partial charge is 0.321 e. The van der Waals surface area contributed by atoms with Crippen LogP contribution in [0, 0.1) is 6.92 Å². The standard InChI is InChI=1S/C24H17N5O/c1-15-6-10-25-20(12-15)21-14-17(7-11-26-21)24(30)29-19-13-16-4-2-8-27-22(16)23-18(19)5-3-9-28-23/h2-14H,1H3,(H,29,30). The molecule has 0 spiro atoms. The van der Waals surface area contributed by atoms with Gasteiger partial charge < -0.3 is 5.32 Å². The van der Waals surface area contributed by atoms with Crippen molar-refractivity contribution in [1.29, 1.82) is 0 Å². The van der Waals surface area contributed by atoms with Crippen molar-refractivity contribution in [3.63, 3.8) is 0 Å². The third-order valence-electron chi connectivity index (χ3n) is 4.91. The van der Waals surface area contributed by atoms with Crippen LogP contribution in [0.25, 0.3) is 33.2 Å². The Bertz CT molecular complexity index is 1410. The maximum Gasteiger partial charge on any atom is 0.255 e. The third-order valence-corrected chi connectivity index (χ3v) is 4.91. The molecule has 30 heavy (non-hydrogen) atoms. The second-order valence-electron chi connectivity index (χ2n) is 7.00. The number of nitrogens with zero attached hydrogens (tertiary/aromatic N) is 4. The van der Waals surface area contributed by atoms with E-state index in [9.17, 15) is 4.79 Å². The molecule has 0 fully saturated rings. The molecule has 5 rings (SSSR count). The molecule has 4 aromatic heterocycles. The van der Waals surface area contributed by atoms with E-state index < -0.39 is 0 Å². The number of aryl methyl sites for hydroxylation is 1. The first-order valence-electron chi connectivity index (χ1n) is 9.52. The number of amides is 1. The molecule has 144 valence electrons. The van der Waals surface area contributed by atoms with Crippen LogP contribution < -0.4 is 5.32 Å². The number of nitrogens with one attached hydrogen (secondary N) is 1. The SMILES string of the molecule is Cc1ccnc(-c2cc(C(=O)Nc3cc4cccnc4c4ncccc34)ccn2)c1. The van der Waals surface area contributed by atoms with Gasteiger partial charge in [-0.05, 0) is 61.0 Å². The number of pyridine rings is 4. The minimum absolute atomic E-state index is 0.223. The van der Waals surface area contributed by atoms with E-state index in [2.05, 4.69) is 25.3 Å². The van der Waals surface area contributed by atoms with E-state index in [-0.39, 0.29) is 5.91 Å². The van der Waals surface area contributed by atoms with Crippen molar-refractivity contribution in [2.45, 2.75) is 6.92 Å². The summed E-state index contributed by atoms with van der Waals surface area (Å²) in [7, 11) is 0. The molecule has 6 nitrogen and oxygen atoms in total. The molecule has 1 N–H and O–H groups in total. The van der Waals surface area contributed by atoms with Crippen molar-refractivity contribution in [2.75, 3.05) is 5.32 Å². The number of carbonyl (C=O) groups is 1. The normalized spacial score (nSPS) is 11.0. The molecule has 0 bridgehead atoms. The molecule has 0 aliphatic heterocycles. The van der Waals surface area contributed by atoms with Gasteiger partial charge in [-0.25, -0.2) is 0 Å². The Hall–Kier alpha value is -4.19. The molecular weight excluding hydrogens is 374 g/mol. The summed E-state index contributed by atoms with van der Waals surface area (Å²) in [5.41, 5.74) is 5.23. The molecule has 1 aromatic carbocycles. The first-order valence-corrected chi connectivity index (χ1v) is 9.52. The van der Waals surface area contributed by atoms with Gasteiger partial charge in [0.15, 0.2) is 0 Å². The van der Waals surface area contributed by atoms with Crippen LogP contribution in [0.4, 0.5) is 5.69 Å². The van der Waals surface area contributed by atoms with Gasteiger partial charge in [0.2, 0.25) is 0 Å². The van der Waals surface area contributed by atoms with E-state index in [1.165, 1.54) is 0 Å². The van der Waals surface area contributed by atoms with Crippen LogP contribution in [-0.4, -0.2) is 25.8 Å². The van der Waals surface area contributed by atoms with Gasteiger partial charge in [0, 0.05) is 41.1 Å². The minimum Gasteiger partial charge on any atom is -0.321 e. The summed E-state index contributed by atoms with van der Waals surface area (Å²) in [5, 5.41) is 4.78. The van der Waals surface area contributed by atoms with Gasteiger partial charge in [0.1, 0.15) is 0 Å². The highest BCUT2D eigenvalue weighted by molar-refractivity contribution is 6.14. The molecule has 4 heterocycles. The van der Waals surface area contributed by atoms with Gasteiger partial charge in [-0.1, -0.05) is 6.07 Å². The van der Waals surface area contributed by atoms with Crippen molar-refractivity contribution >= 4 is 33.4 Å². The summed E-state index contributed by atoms with van der Waals surface area (Å²) in [4.78, 5) is 30.7. The quantitative estimate of drug-likeness (QED) is 0.447. The van der Waals surface area contributed by atoms with E-state index >= 15 is 0 Å². The first kappa shape index (κ1) is 17.9. The van der Waals surface area contributed by atoms with Crippen LogP contribution >= 0.6 is 0 Å². The number of hydrogen-bond acceptors (Lipinski definition) is 5. The van der Waals surface area contributed by atoms with Crippen molar-refractivity contribution in [3.05, 3.63) is 90.5 Å². The van der Waals surface area contributed by atoms with Crippen LogP contribution in [0.5, 0.6) is 0 Å². The fourth-order valence-corrected chi connectivity index (χ4v) is 3.46. The van der Waals surface area contributed by atoms with E-state index in [0.29, 0.717) is 16.9 Å². The second kappa shape index (κ2) is 7.33. The highest BCUT2D eigenvalue weighted by Crippen LogP contribution is 2.29. The fourth-order valence-electron chi connectivity index (χ4n) is 3.46. The van der Waals surface area contributed by atoms with Gasteiger partial charge in [-0.15, -0.1) is 0 Å². The van der Waals surface area contributed by atoms with Crippen molar-refractivity contribution in [1.82, 2.24) is 19.9 Å². The number of benzene rings is 1. The van der Waals surface area contributed by atoms with E-state index in [0.717, 1.165) is 33.1 Å². The van der Waals surface area contributed by atoms with Crippen molar-refractivity contribution in [2.24, 2.45) is 0 Å². The minimum atomic E-state index is -0.223. The van der Waals surface area contributed by atoms with Crippen LogP contribution in [-0.2, 0) is 0 Å². The zero-order valence-corrected chi connectivity index (χ0v) is 16.2. The summed E-state index contributed by atoms with van der Waals surface area (Å²) in [6.45, 7) is 2.00. The van der Waals surface area contributed by atoms with E-state index in [1.54, 1.807) is 36.9 Å². The van der Waals surface area contributed by atoms with Gasteiger partial charge >= 0.3 is 0 Å². The molecule has 0 radical (unpaired) electrons. The number of aromatic nitrogens is 4. The lowest BCUT2D eigenvalue weighted by Crippen LogP contribution is -2.12. The summed E-state index contributed by atoms with van der Waals surface area (Å²) >= 11 is 0. The molecule has 5 aromatic rings. The van der Waals surface area contributed by atoms with Gasteiger partial charge in [-0.3, -0.25) is 24.7 Å². The molecule has 0 aliphatic rings. The summed E-state index contributed by atoms with van der Waals surface area (Å²) in [5.74, 6) is -0.223. The number of rotatable bonds is 3. The van der Waals surface area contributed by atoms with Crippen LogP contribution in [0.1, 0.15) is 15.9 Å². The van der Waals surface area contributed by atoms with E-state index in [1.807, 2.05) is 49.4 Å². The predicted molar refractivity (Wildman–Crippen MR) is 117 cm³/mol. The summed E-state index contributed by atoms with van der Waals surface area (Å²) < 4.78 is 0. The monoisotopic (exact) mass is 391 g/mol. The number of anilines is 1. The summed E-state index contributed by atoms with van der Waals surface area (Å²) in [6.07, 6.45) is 6.83. The maximum absolute atomic E-state index is 13.0. The Morgan fingerprint density at radius 1 is 0.767 bits per heavy atom. The lowest BCUT2D eigenvalue weighted by Gasteiger charge is -2.11. The van der Waals surface area contributed by atoms with Gasteiger partial charge in [-0.2, -0.15) is 0 Å². The highest BCUT2D eigenvalue weighted by Gasteiger charge is 2.13. The average Bonchev–Trinajstić information content (AvgIpc) is 2.79. The zero-order chi connectivity index (χ0) is 20.5.